The molecular formula is C22H25ClN2O4S. The Morgan fingerprint density at radius 2 is 2.10 bits per heavy atom. The molecule has 1 aliphatic heterocycles. The number of anilines is 2. The van der Waals surface area contributed by atoms with Crippen LogP contribution in [-0.4, -0.2) is 31.3 Å². The third kappa shape index (κ3) is 4.01. The molecule has 1 aliphatic carbocycles. The lowest BCUT2D eigenvalue weighted by atomic mass is 9.95. The molecule has 30 heavy (non-hydrogen) atoms. The standard InChI is InChI=1S/C22H25ClN2O4S/c1-3-14-12-25(16-11-13(23)9-10-17(16)29-14)22(27)24-20-19(21(26)28-4-2)15-7-5-6-8-18(15)30-20/h9-11,14H,3-8,12H2,1-2H3,(H,24,27). The lowest BCUT2D eigenvalue weighted by Crippen LogP contribution is -2.45. The molecule has 0 fully saturated rings. The highest BCUT2D eigenvalue weighted by Gasteiger charge is 2.32. The second kappa shape index (κ2) is 8.86. The highest BCUT2D eigenvalue weighted by Crippen LogP contribution is 2.40. The number of esters is 1. The number of ether oxygens (including phenoxy) is 2. The summed E-state index contributed by atoms with van der Waals surface area (Å²) < 4.78 is 11.3. The Morgan fingerprint density at radius 3 is 2.87 bits per heavy atom. The quantitative estimate of drug-likeness (QED) is 0.612. The number of halogens is 1. The molecule has 1 unspecified atom stereocenters. The molecule has 8 heteroatoms. The van der Waals surface area contributed by atoms with Gasteiger partial charge in [0.25, 0.3) is 0 Å². The Balaban J connectivity index is 1.67. The zero-order valence-electron chi connectivity index (χ0n) is 17.1. The van der Waals surface area contributed by atoms with Crippen LogP contribution in [0, 0.1) is 0 Å². The predicted molar refractivity (Wildman–Crippen MR) is 119 cm³/mol. The van der Waals surface area contributed by atoms with Crippen LogP contribution in [0.2, 0.25) is 5.02 Å². The van der Waals surface area contributed by atoms with Gasteiger partial charge >= 0.3 is 12.0 Å². The van der Waals surface area contributed by atoms with E-state index in [0.29, 0.717) is 40.2 Å². The first-order valence-corrected chi connectivity index (χ1v) is 11.6. The molecule has 1 N–H and O–H groups in total. The first-order chi connectivity index (χ1) is 14.5. The summed E-state index contributed by atoms with van der Waals surface area (Å²) in [4.78, 5) is 28.8. The lowest BCUT2D eigenvalue weighted by Gasteiger charge is -2.34. The van der Waals surface area contributed by atoms with Gasteiger partial charge in [0.2, 0.25) is 0 Å². The van der Waals surface area contributed by atoms with Crippen LogP contribution in [0.5, 0.6) is 5.75 Å². The molecule has 0 radical (unpaired) electrons. The molecule has 4 rings (SSSR count). The summed E-state index contributed by atoms with van der Waals surface area (Å²) in [6.07, 6.45) is 4.56. The second-order valence-electron chi connectivity index (χ2n) is 7.44. The largest absolute Gasteiger partial charge is 0.486 e. The first-order valence-electron chi connectivity index (χ1n) is 10.4. The Labute approximate surface area is 185 Å². The zero-order chi connectivity index (χ0) is 21.3. The van der Waals surface area contributed by atoms with Gasteiger partial charge in [-0.2, -0.15) is 0 Å². The van der Waals surface area contributed by atoms with Crippen molar-refractivity contribution in [3.63, 3.8) is 0 Å². The van der Waals surface area contributed by atoms with E-state index in [1.807, 2.05) is 6.92 Å². The fraction of sp³-hybridized carbons (Fsp3) is 0.455. The Morgan fingerprint density at radius 1 is 1.30 bits per heavy atom. The van der Waals surface area contributed by atoms with Gasteiger partial charge in [0.15, 0.2) is 0 Å². The molecule has 2 heterocycles. The number of nitrogens with one attached hydrogen (secondary N) is 1. The maximum atomic E-state index is 13.3. The summed E-state index contributed by atoms with van der Waals surface area (Å²) in [7, 11) is 0. The highest BCUT2D eigenvalue weighted by molar-refractivity contribution is 7.17. The van der Waals surface area contributed by atoms with Crippen LogP contribution in [-0.2, 0) is 17.6 Å². The third-order valence-corrected chi connectivity index (χ3v) is 6.91. The predicted octanol–water partition coefficient (Wildman–Crippen LogP) is 5.67. The third-order valence-electron chi connectivity index (χ3n) is 5.46. The highest BCUT2D eigenvalue weighted by atomic mass is 35.5. The summed E-state index contributed by atoms with van der Waals surface area (Å²) in [5, 5.41) is 4.08. The van der Waals surface area contributed by atoms with Gasteiger partial charge < -0.3 is 9.47 Å². The maximum absolute atomic E-state index is 13.3. The van der Waals surface area contributed by atoms with Gasteiger partial charge in [0.1, 0.15) is 16.9 Å². The van der Waals surface area contributed by atoms with E-state index in [4.69, 9.17) is 21.1 Å². The van der Waals surface area contributed by atoms with E-state index in [2.05, 4.69) is 5.32 Å². The van der Waals surface area contributed by atoms with E-state index in [1.165, 1.54) is 11.3 Å². The molecule has 0 saturated heterocycles. The minimum absolute atomic E-state index is 0.106. The van der Waals surface area contributed by atoms with Crippen LogP contribution < -0.4 is 15.0 Å². The summed E-state index contributed by atoms with van der Waals surface area (Å²) in [6.45, 7) is 4.52. The van der Waals surface area contributed by atoms with Crippen molar-refractivity contribution in [3.05, 3.63) is 39.2 Å². The Bertz CT molecular complexity index is 974. The fourth-order valence-electron chi connectivity index (χ4n) is 3.96. The maximum Gasteiger partial charge on any atom is 0.341 e. The molecule has 2 aromatic rings. The number of hydrogen-bond donors (Lipinski definition) is 1. The molecule has 0 saturated carbocycles. The van der Waals surface area contributed by atoms with Gasteiger partial charge in [0.05, 0.1) is 24.4 Å². The molecule has 2 aliphatic rings. The smallest absolute Gasteiger partial charge is 0.341 e. The summed E-state index contributed by atoms with van der Waals surface area (Å²) in [5.41, 5.74) is 2.16. The minimum atomic E-state index is -0.371. The van der Waals surface area contributed by atoms with Gasteiger partial charge in [-0.25, -0.2) is 9.59 Å². The number of urea groups is 1. The Kier molecular flexibility index (Phi) is 6.20. The van der Waals surface area contributed by atoms with E-state index in [1.54, 1.807) is 30.0 Å². The molecular weight excluding hydrogens is 424 g/mol. The lowest BCUT2D eigenvalue weighted by molar-refractivity contribution is 0.0526. The zero-order valence-corrected chi connectivity index (χ0v) is 18.7. The monoisotopic (exact) mass is 448 g/mol. The fourth-order valence-corrected chi connectivity index (χ4v) is 5.40. The molecule has 2 amide bonds. The van der Waals surface area contributed by atoms with Crippen molar-refractivity contribution >= 4 is 45.6 Å². The average molecular weight is 449 g/mol. The van der Waals surface area contributed by atoms with Crippen molar-refractivity contribution in [1.82, 2.24) is 0 Å². The van der Waals surface area contributed by atoms with Crippen molar-refractivity contribution in [2.45, 2.75) is 52.1 Å². The van der Waals surface area contributed by atoms with Crippen molar-refractivity contribution in [2.24, 2.45) is 0 Å². The van der Waals surface area contributed by atoms with Gasteiger partial charge in [-0.1, -0.05) is 18.5 Å². The van der Waals surface area contributed by atoms with E-state index in [-0.39, 0.29) is 18.1 Å². The van der Waals surface area contributed by atoms with Gasteiger partial charge in [-0.3, -0.25) is 10.2 Å². The van der Waals surface area contributed by atoms with Crippen LogP contribution in [0.3, 0.4) is 0 Å². The number of thiophene rings is 1. The van der Waals surface area contributed by atoms with Crippen molar-refractivity contribution in [1.29, 1.82) is 0 Å². The number of nitrogens with zero attached hydrogens (tertiary/aromatic N) is 1. The summed E-state index contributed by atoms with van der Waals surface area (Å²) in [5.74, 6) is 0.257. The van der Waals surface area contributed by atoms with Crippen molar-refractivity contribution in [2.75, 3.05) is 23.4 Å². The normalized spacial score (nSPS) is 17.6. The van der Waals surface area contributed by atoms with E-state index < -0.39 is 0 Å². The van der Waals surface area contributed by atoms with Crippen LogP contribution >= 0.6 is 22.9 Å². The second-order valence-corrected chi connectivity index (χ2v) is 8.98. The molecule has 6 nitrogen and oxygen atoms in total. The number of hydrogen-bond acceptors (Lipinski definition) is 5. The van der Waals surface area contributed by atoms with Crippen LogP contribution in [0.4, 0.5) is 15.5 Å². The SMILES string of the molecule is CCOC(=O)c1c(NC(=O)N2CC(CC)Oc3ccc(Cl)cc32)sc2c1CCCC2. The number of fused-ring (bicyclic) bond motifs is 2. The average Bonchev–Trinajstić information content (AvgIpc) is 3.10. The molecule has 1 aromatic heterocycles. The van der Waals surface area contributed by atoms with Crippen molar-refractivity contribution < 1.29 is 19.1 Å². The van der Waals surface area contributed by atoms with E-state index >= 15 is 0 Å². The Hall–Kier alpha value is -2.25. The molecule has 1 aromatic carbocycles. The van der Waals surface area contributed by atoms with Crippen LogP contribution in [0.15, 0.2) is 18.2 Å². The van der Waals surface area contributed by atoms with E-state index in [9.17, 15) is 9.59 Å². The van der Waals surface area contributed by atoms with Gasteiger partial charge in [-0.05, 0) is 62.8 Å². The van der Waals surface area contributed by atoms with Gasteiger partial charge in [0, 0.05) is 9.90 Å². The molecule has 0 bridgehead atoms. The number of benzene rings is 1. The minimum Gasteiger partial charge on any atom is -0.486 e. The number of rotatable bonds is 4. The summed E-state index contributed by atoms with van der Waals surface area (Å²) >= 11 is 7.66. The van der Waals surface area contributed by atoms with Crippen LogP contribution in [0.1, 0.15) is 53.9 Å². The van der Waals surface area contributed by atoms with Gasteiger partial charge in [-0.15, -0.1) is 11.3 Å². The first kappa shape index (κ1) is 21.0. The number of carbonyl (C=O) groups is 2. The van der Waals surface area contributed by atoms with Crippen molar-refractivity contribution in [3.8, 4) is 5.75 Å². The number of aryl methyl sites for hydroxylation is 1. The molecule has 160 valence electrons. The molecule has 0 spiro atoms. The van der Waals surface area contributed by atoms with Crippen LogP contribution in [0.25, 0.3) is 0 Å². The summed E-state index contributed by atoms with van der Waals surface area (Å²) in [6, 6.07) is 4.96. The number of amides is 2. The van der Waals surface area contributed by atoms with E-state index in [0.717, 1.165) is 42.5 Å². The number of carbonyl (C=O) groups excluding carboxylic acids is 2. The molecule has 1 atom stereocenters. The topological polar surface area (TPSA) is 67.9 Å².